The van der Waals surface area contributed by atoms with Crippen LogP contribution < -0.4 is 4.90 Å². The van der Waals surface area contributed by atoms with Crippen molar-refractivity contribution in [1.29, 1.82) is 5.26 Å². The number of anilines is 1. The number of hydrogen-bond donors (Lipinski definition) is 0. The Morgan fingerprint density at radius 2 is 2.00 bits per heavy atom. The van der Waals surface area contributed by atoms with Crippen LogP contribution in [0.4, 0.5) is 5.82 Å². The van der Waals surface area contributed by atoms with E-state index in [1.54, 1.807) is 6.20 Å². The molecular weight excluding hydrogens is 258 g/mol. The summed E-state index contributed by atoms with van der Waals surface area (Å²) in [5.41, 5.74) is 0.589. The van der Waals surface area contributed by atoms with Crippen molar-refractivity contribution in [3.63, 3.8) is 0 Å². The molecule has 0 bridgehead atoms. The molecule has 0 aromatic carbocycles. The number of nitrogens with zero attached hydrogens (tertiary/aromatic N) is 5. The molecule has 0 spiro atoms. The van der Waals surface area contributed by atoms with Crippen LogP contribution >= 0.6 is 11.8 Å². The van der Waals surface area contributed by atoms with Gasteiger partial charge in [-0.2, -0.15) is 5.26 Å². The number of fused-ring (bicyclic) bond motifs is 1. The third kappa shape index (κ3) is 2.28. The van der Waals surface area contributed by atoms with Crippen molar-refractivity contribution in [3.8, 4) is 6.07 Å². The zero-order valence-electron chi connectivity index (χ0n) is 11.2. The Bertz CT molecular complexity index is 512. The summed E-state index contributed by atoms with van der Waals surface area (Å²) in [7, 11) is 2.18. The zero-order valence-corrected chi connectivity index (χ0v) is 12.0. The van der Waals surface area contributed by atoms with E-state index in [2.05, 4.69) is 32.9 Å². The van der Waals surface area contributed by atoms with Gasteiger partial charge in [-0.25, -0.2) is 9.97 Å². The van der Waals surface area contributed by atoms with Gasteiger partial charge < -0.3 is 9.80 Å². The molecule has 1 aromatic rings. The van der Waals surface area contributed by atoms with Gasteiger partial charge in [-0.15, -0.1) is 0 Å². The van der Waals surface area contributed by atoms with E-state index in [0.29, 0.717) is 17.4 Å². The summed E-state index contributed by atoms with van der Waals surface area (Å²) in [6, 6.07) is 2.21. The molecule has 19 heavy (non-hydrogen) atoms. The van der Waals surface area contributed by atoms with Crippen molar-refractivity contribution in [2.75, 3.05) is 44.4 Å². The number of likely N-dealkylation sites (tertiary alicyclic amines) is 1. The first-order chi connectivity index (χ1) is 9.21. The van der Waals surface area contributed by atoms with Crippen LogP contribution in [-0.4, -0.2) is 54.4 Å². The highest BCUT2D eigenvalue weighted by Crippen LogP contribution is 2.33. The number of thioether (sulfide) groups is 1. The second-order valence-electron chi connectivity index (χ2n) is 5.35. The van der Waals surface area contributed by atoms with Gasteiger partial charge in [0, 0.05) is 26.2 Å². The van der Waals surface area contributed by atoms with E-state index >= 15 is 0 Å². The molecule has 2 saturated heterocycles. The predicted octanol–water partition coefficient (Wildman–Crippen LogP) is 1.07. The Labute approximate surface area is 117 Å². The molecule has 2 fully saturated rings. The second kappa shape index (κ2) is 4.99. The van der Waals surface area contributed by atoms with Crippen LogP contribution in [0, 0.1) is 23.2 Å². The van der Waals surface area contributed by atoms with E-state index in [1.807, 2.05) is 6.26 Å². The maximum Gasteiger partial charge on any atom is 0.189 e. The number of rotatable bonds is 2. The van der Waals surface area contributed by atoms with Crippen LogP contribution in [0.5, 0.6) is 0 Å². The molecule has 0 amide bonds. The van der Waals surface area contributed by atoms with E-state index in [9.17, 15) is 5.26 Å². The maximum atomic E-state index is 9.22. The van der Waals surface area contributed by atoms with Gasteiger partial charge in [-0.05, 0) is 25.1 Å². The molecule has 0 radical (unpaired) electrons. The Morgan fingerprint density at radius 3 is 2.58 bits per heavy atom. The molecule has 2 aliphatic rings. The third-order valence-corrected chi connectivity index (χ3v) is 4.58. The fraction of sp³-hybridized carbons (Fsp3) is 0.615. The molecule has 2 unspecified atom stereocenters. The SMILES string of the molecule is CSc1ncc(C#N)c(N2CC3CN(C)CC3C2)n1. The first kappa shape index (κ1) is 12.7. The highest BCUT2D eigenvalue weighted by Gasteiger charge is 2.39. The summed E-state index contributed by atoms with van der Waals surface area (Å²) in [4.78, 5) is 13.4. The highest BCUT2D eigenvalue weighted by atomic mass is 32.2. The summed E-state index contributed by atoms with van der Waals surface area (Å²) in [5.74, 6) is 2.24. The van der Waals surface area contributed by atoms with Gasteiger partial charge in [-0.3, -0.25) is 0 Å². The molecule has 0 saturated carbocycles. The van der Waals surface area contributed by atoms with Crippen molar-refractivity contribution >= 4 is 17.6 Å². The van der Waals surface area contributed by atoms with E-state index < -0.39 is 0 Å². The van der Waals surface area contributed by atoms with Gasteiger partial charge >= 0.3 is 0 Å². The first-order valence-corrected chi connectivity index (χ1v) is 7.68. The molecule has 100 valence electrons. The topological polar surface area (TPSA) is 56.1 Å². The Kier molecular flexibility index (Phi) is 3.33. The van der Waals surface area contributed by atoms with Gasteiger partial charge in [0.05, 0.1) is 6.20 Å². The van der Waals surface area contributed by atoms with Crippen molar-refractivity contribution in [2.24, 2.45) is 11.8 Å². The van der Waals surface area contributed by atoms with Crippen LogP contribution in [0.3, 0.4) is 0 Å². The smallest absolute Gasteiger partial charge is 0.189 e. The highest BCUT2D eigenvalue weighted by molar-refractivity contribution is 7.98. The lowest BCUT2D eigenvalue weighted by Gasteiger charge is -2.21. The molecule has 2 aliphatic heterocycles. The third-order valence-electron chi connectivity index (χ3n) is 4.02. The average molecular weight is 275 g/mol. The molecule has 0 aliphatic carbocycles. The molecule has 5 nitrogen and oxygen atoms in total. The van der Waals surface area contributed by atoms with Crippen molar-refractivity contribution in [1.82, 2.24) is 14.9 Å². The quantitative estimate of drug-likeness (QED) is 0.594. The summed E-state index contributed by atoms with van der Waals surface area (Å²) in [5, 5.41) is 9.95. The normalized spacial score (nSPS) is 26.5. The van der Waals surface area contributed by atoms with Crippen molar-refractivity contribution in [2.45, 2.75) is 5.16 Å². The van der Waals surface area contributed by atoms with E-state index in [1.165, 1.54) is 11.8 Å². The number of nitriles is 1. The van der Waals surface area contributed by atoms with Gasteiger partial charge in [0.15, 0.2) is 11.0 Å². The molecule has 0 N–H and O–H groups in total. The van der Waals surface area contributed by atoms with Gasteiger partial charge in [-0.1, -0.05) is 11.8 Å². The predicted molar refractivity (Wildman–Crippen MR) is 75.2 cm³/mol. The van der Waals surface area contributed by atoms with Crippen LogP contribution in [0.2, 0.25) is 0 Å². The molecular formula is C13H17N5S. The summed E-state index contributed by atoms with van der Waals surface area (Å²) in [6.07, 6.45) is 3.60. The van der Waals surface area contributed by atoms with E-state index in [0.717, 1.165) is 37.2 Å². The van der Waals surface area contributed by atoms with Crippen LogP contribution in [0.15, 0.2) is 11.4 Å². The molecule has 1 aromatic heterocycles. The fourth-order valence-electron chi connectivity index (χ4n) is 3.18. The minimum absolute atomic E-state index is 0.589. The lowest BCUT2D eigenvalue weighted by atomic mass is 10.0. The molecule has 6 heteroatoms. The Balaban J connectivity index is 1.86. The van der Waals surface area contributed by atoms with Gasteiger partial charge in [0.2, 0.25) is 0 Å². The minimum Gasteiger partial charge on any atom is -0.355 e. The lowest BCUT2D eigenvalue weighted by Crippen LogP contribution is -2.28. The Hall–Kier alpha value is -1.32. The van der Waals surface area contributed by atoms with E-state index in [-0.39, 0.29) is 0 Å². The van der Waals surface area contributed by atoms with Crippen molar-refractivity contribution < 1.29 is 0 Å². The van der Waals surface area contributed by atoms with Crippen molar-refractivity contribution in [3.05, 3.63) is 11.8 Å². The second-order valence-corrected chi connectivity index (χ2v) is 6.13. The Morgan fingerprint density at radius 1 is 1.32 bits per heavy atom. The average Bonchev–Trinajstić information content (AvgIpc) is 2.95. The maximum absolute atomic E-state index is 9.22. The minimum atomic E-state index is 0.589. The van der Waals surface area contributed by atoms with Gasteiger partial charge in [0.25, 0.3) is 0 Å². The monoisotopic (exact) mass is 275 g/mol. The van der Waals surface area contributed by atoms with Crippen LogP contribution in [0.25, 0.3) is 0 Å². The lowest BCUT2D eigenvalue weighted by molar-refractivity contribution is 0.386. The van der Waals surface area contributed by atoms with Gasteiger partial charge in [0.1, 0.15) is 11.6 Å². The van der Waals surface area contributed by atoms with Crippen LogP contribution in [0.1, 0.15) is 5.56 Å². The number of hydrogen-bond acceptors (Lipinski definition) is 6. The largest absolute Gasteiger partial charge is 0.355 e. The zero-order chi connectivity index (χ0) is 13.4. The molecule has 2 atom stereocenters. The van der Waals surface area contributed by atoms with E-state index in [4.69, 9.17) is 0 Å². The summed E-state index contributed by atoms with van der Waals surface area (Å²) < 4.78 is 0. The molecule has 3 heterocycles. The standard InChI is InChI=1S/C13H17N5S/c1-17-5-10-7-18(8-11(10)6-17)12-9(3-14)4-15-13(16-12)19-2/h4,10-11H,5-8H2,1-2H3. The first-order valence-electron chi connectivity index (χ1n) is 6.46. The summed E-state index contributed by atoms with van der Waals surface area (Å²) in [6.45, 7) is 4.33. The number of aromatic nitrogens is 2. The fourth-order valence-corrected chi connectivity index (χ4v) is 3.51. The summed E-state index contributed by atoms with van der Waals surface area (Å²) >= 11 is 1.52. The van der Waals surface area contributed by atoms with Crippen LogP contribution in [-0.2, 0) is 0 Å². The molecule has 3 rings (SSSR count).